The number of nitrogens with one attached hydrogen (secondary N) is 1. The van der Waals surface area contributed by atoms with Gasteiger partial charge in [-0.1, -0.05) is 103 Å². The minimum atomic E-state index is -0.283. The molecule has 5 heteroatoms. The van der Waals surface area contributed by atoms with Crippen molar-refractivity contribution in [1.82, 2.24) is 19.2 Å². The first kappa shape index (κ1) is 28.8. The molecule has 5 heterocycles. The number of hydrogen-bond donors (Lipinski definition) is 1. The lowest BCUT2D eigenvalue weighted by Gasteiger charge is -2.39. The van der Waals surface area contributed by atoms with Gasteiger partial charge in [0.15, 0.2) is 5.69 Å². The van der Waals surface area contributed by atoms with E-state index in [0.29, 0.717) is 5.92 Å². The van der Waals surface area contributed by atoms with Gasteiger partial charge in [0, 0.05) is 62.8 Å². The molecule has 3 aliphatic rings. The van der Waals surface area contributed by atoms with Crippen molar-refractivity contribution in [3.63, 3.8) is 0 Å². The van der Waals surface area contributed by atoms with Crippen LogP contribution in [0.1, 0.15) is 49.4 Å². The SMILES string of the molecule is CC(C)c1cc[nH]c1-c1cc(C2=[N+]=CC=C2)nc(-n2c3ccccc3c3c4c(c5ccccc5c32)N(c2ccccc2)C2(C)C=CC=CC42)c1. The number of para-hydroxylation sites is 2. The van der Waals surface area contributed by atoms with Crippen LogP contribution in [0.25, 0.3) is 49.7 Å². The van der Waals surface area contributed by atoms with Gasteiger partial charge in [0.05, 0.1) is 22.3 Å². The van der Waals surface area contributed by atoms with E-state index in [1.807, 2.05) is 24.6 Å². The predicted molar refractivity (Wildman–Crippen MR) is 209 cm³/mol. The maximum Gasteiger partial charge on any atom is 0.352 e. The molecule has 1 N–H and O–H groups in total. The maximum atomic E-state index is 5.41. The van der Waals surface area contributed by atoms with Crippen LogP contribution in [0.2, 0.25) is 0 Å². The molecule has 0 spiro atoms. The minimum Gasteiger partial charge on any atom is -0.361 e. The number of H-pyrrole nitrogens is 1. The van der Waals surface area contributed by atoms with Gasteiger partial charge in [-0.15, -0.1) is 0 Å². The molecule has 0 saturated heterocycles. The van der Waals surface area contributed by atoms with Crippen LogP contribution in [-0.2, 0) is 0 Å². The number of pyridine rings is 1. The fourth-order valence-corrected chi connectivity index (χ4v) is 8.73. The molecule has 0 amide bonds. The fourth-order valence-electron chi connectivity index (χ4n) is 8.73. The molecule has 0 saturated carbocycles. The third-order valence-electron chi connectivity index (χ3n) is 10.9. The molecule has 2 aliphatic heterocycles. The highest BCUT2D eigenvalue weighted by Crippen LogP contribution is 2.60. The molecule has 7 aromatic rings. The Bertz CT molecular complexity index is 2690. The zero-order valence-corrected chi connectivity index (χ0v) is 28.3. The van der Waals surface area contributed by atoms with Gasteiger partial charge in [-0.25, -0.2) is 4.98 Å². The lowest BCUT2D eigenvalue weighted by molar-refractivity contribution is 0.544. The van der Waals surface area contributed by atoms with Crippen LogP contribution in [0.3, 0.4) is 0 Å². The van der Waals surface area contributed by atoms with Crippen LogP contribution in [0.5, 0.6) is 0 Å². The highest BCUT2D eigenvalue weighted by atomic mass is 15.2. The molecule has 50 heavy (non-hydrogen) atoms. The van der Waals surface area contributed by atoms with Crippen LogP contribution < -0.4 is 9.57 Å². The molecule has 1 aliphatic carbocycles. The number of benzene rings is 4. The van der Waals surface area contributed by atoms with Crippen molar-refractivity contribution >= 4 is 55.9 Å². The smallest absolute Gasteiger partial charge is 0.352 e. The summed E-state index contributed by atoms with van der Waals surface area (Å²) in [6, 6.07) is 35.3. The van der Waals surface area contributed by atoms with Crippen LogP contribution in [-0.4, -0.2) is 32.0 Å². The Morgan fingerprint density at radius 2 is 1.62 bits per heavy atom. The Labute approximate surface area is 291 Å². The summed E-state index contributed by atoms with van der Waals surface area (Å²) in [5.41, 5.74) is 11.1. The lowest BCUT2D eigenvalue weighted by atomic mass is 9.79. The summed E-state index contributed by atoms with van der Waals surface area (Å²) in [6.45, 7) is 6.88. The van der Waals surface area contributed by atoms with Crippen LogP contribution in [0.4, 0.5) is 11.4 Å². The molecular formula is C45H36N5+. The molecule has 0 fully saturated rings. The van der Waals surface area contributed by atoms with Gasteiger partial charge < -0.3 is 9.88 Å². The number of aromatic nitrogens is 3. The number of nitrogens with zero attached hydrogens (tertiary/aromatic N) is 4. The van der Waals surface area contributed by atoms with E-state index in [-0.39, 0.29) is 11.5 Å². The normalized spacial score (nSPS) is 19.0. The van der Waals surface area contributed by atoms with E-state index in [4.69, 9.17) is 9.65 Å². The average molecular weight is 647 g/mol. The minimum absolute atomic E-state index is 0.143. The Balaban J connectivity index is 1.37. The number of rotatable bonds is 5. The van der Waals surface area contributed by atoms with E-state index < -0.39 is 0 Å². The van der Waals surface area contributed by atoms with Crippen molar-refractivity contribution in [3.05, 3.63) is 157 Å². The first-order valence-electron chi connectivity index (χ1n) is 17.5. The Hall–Kier alpha value is -6.16. The number of fused-ring (bicyclic) bond motifs is 10. The average Bonchev–Trinajstić information content (AvgIpc) is 3.96. The van der Waals surface area contributed by atoms with Gasteiger partial charge in [-0.05, 0) is 60.4 Å². The Kier molecular flexibility index (Phi) is 6.15. The van der Waals surface area contributed by atoms with Gasteiger partial charge in [0.2, 0.25) is 0 Å². The molecule has 10 rings (SSSR count). The molecule has 2 atom stereocenters. The summed E-state index contributed by atoms with van der Waals surface area (Å²) in [7, 11) is 0. The van der Waals surface area contributed by atoms with Crippen molar-refractivity contribution in [2.75, 3.05) is 4.90 Å². The second-order valence-electron chi connectivity index (χ2n) is 14.1. The molecule has 0 bridgehead atoms. The number of anilines is 2. The molecule has 0 radical (unpaired) electrons. The van der Waals surface area contributed by atoms with E-state index in [0.717, 1.165) is 34.0 Å². The first-order valence-corrected chi connectivity index (χ1v) is 17.5. The van der Waals surface area contributed by atoms with Crippen LogP contribution in [0, 0.1) is 0 Å². The third kappa shape index (κ3) is 3.95. The van der Waals surface area contributed by atoms with Gasteiger partial charge in [0.25, 0.3) is 6.21 Å². The first-order chi connectivity index (χ1) is 24.5. The molecule has 5 nitrogen and oxygen atoms in total. The molecule has 3 aromatic heterocycles. The van der Waals surface area contributed by atoms with E-state index >= 15 is 0 Å². The van der Waals surface area contributed by atoms with Gasteiger partial charge in [-0.2, -0.15) is 0 Å². The van der Waals surface area contributed by atoms with Gasteiger partial charge in [-0.3, -0.25) is 4.57 Å². The molecule has 2 unspecified atom stereocenters. The second-order valence-corrected chi connectivity index (χ2v) is 14.1. The molecular weight excluding hydrogens is 611 g/mol. The third-order valence-corrected chi connectivity index (χ3v) is 10.9. The number of aromatic amines is 1. The summed E-state index contributed by atoms with van der Waals surface area (Å²) in [4.78, 5) is 11.6. The Morgan fingerprint density at radius 3 is 2.42 bits per heavy atom. The van der Waals surface area contributed by atoms with Crippen molar-refractivity contribution in [3.8, 4) is 17.1 Å². The van der Waals surface area contributed by atoms with Crippen molar-refractivity contribution in [2.45, 2.75) is 38.1 Å². The highest BCUT2D eigenvalue weighted by molar-refractivity contribution is 6.25. The molecule has 240 valence electrons. The summed E-state index contributed by atoms with van der Waals surface area (Å²) in [5.74, 6) is 1.39. The van der Waals surface area contributed by atoms with Crippen LogP contribution >= 0.6 is 0 Å². The van der Waals surface area contributed by atoms with Crippen LogP contribution in [0.15, 0.2) is 140 Å². The van der Waals surface area contributed by atoms with E-state index in [1.54, 1.807) is 0 Å². The molecule has 4 aromatic carbocycles. The zero-order valence-electron chi connectivity index (χ0n) is 28.3. The zero-order chi connectivity index (χ0) is 33.6. The van der Waals surface area contributed by atoms with E-state index in [2.05, 4.69) is 157 Å². The lowest BCUT2D eigenvalue weighted by Crippen LogP contribution is -2.41. The van der Waals surface area contributed by atoms with E-state index in [9.17, 15) is 0 Å². The monoisotopic (exact) mass is 646 g/mol. The standard InChI is InChI=1S/C45H36N5/c1-28(2)31-22-25-47-42(31)29-26-37(36-20-13-24-46-36)48-39(27-29)49-38-21-10-9-18-34(38)40-41-35-19-11-12-23-45(35,3)50(30-14-5-4-6-15-30)44(41)33-17-8-7-16-32(33)43(40)49/h4-28,35,47H,1-3H3/q+1. The second kappa shape index (κ2) is 10.7. The predicted octanol–water partition coefficient (Wildman–Crippen LogP) is 10.1. The highest BCUT2D eigenvalue weighted by Gasteiger charge is 2.49. The quantitative estimate of drug-likeness (QED) is 0.189. The summed E-state index contributed by atoms with van der Waals surface area (Å²) in [6.07, 6.45) is 17.1. The fraction of sp³-hybridized carbons (Fsp3) is 0.133. The van der Waals surface area contributed by atoms with Crippen molar-refractivity contribution < 1.29 is 0 Å². The largest absolute Gasteiger partial charge is 0.361 e. The topological polar surface area (TPSA) is 51.0 Å². The summed E-state index contributed by atoms with van der Waals surface area (Å²) in [5, 5.41) is 4.96. The Morgan fingerprint density at radius 1 is 0.840 bits per heavy atom. The summed E-state index contributed by atoms with van der Waals surface area (Å²) < 4.78 is 7.11. The summed E-state index contributed by atoms with van der Waals surface area (Å²) >= 11 is 0. The van der Waals surface area contributed by atoms with Gasteiger partial charge in [0.1, 0.15) is 5.82 Å². The van der Waals surface area contributed by atoms with Gasteiger partial charge >= 0.3 is 5.71 Å². The number of allylic oxidation sites excluding steroid dienone is 4. The van der Waals surface area contributed by atoms with Crippen molar-refractivity contribution in [1.29, 1.82) is 0 Å². The maximum absolute atomic E-state index is 5.41. The van der Waals surface area contributed by atoms with Crippen molar-refractivity contribution in [2.24, 2.45) is 0 Å². The number of hydrogen-bond acceptors (Lipinski definition) is 2. The van der Waals surface area contributed by atoms with E-state index in [1.165, 1.54) is 49.6 Å².